The van der Waals surface area contributed by atoms with Crippen LogP contribution in [0.1, 0.15) is 25.7 Å². The fourth-order valence-electron chi connectivity index (χ4n) is 2.37. The monoisotopic (exact) mass is 273 g/mol. The summed E-state index contributed by atoms with van der Waals surface area (Å²) in [7, 11) is -1.90. The Hall–Kier alpha value is -0.920. The second-order valence-corrected chi connectivity index (χ2v) is 6.55. The number of sulfonamides is 1. The highest BCUT2D eigenvalue weighted by Gasteiger charge is 2.23. The Balaban J connectivity index is 1.95. The van der Waals surface area contributed by atoms with Crippen molar-refractivity contribution in [2.24, 2.45) is 13.0 Å². The standard InChI is InChI=1S/C11H19N3O3S/c1-14-11(5-6-12-14)18(16,17)13-8-9-3-2-4-10(15)7-9/h5-6,9-10,13,15H,2-4,7-8H2,1H3. The summed E-state index contributed by atoms with van der Waals surface area (Å²) in [5, 5.41) is 13.6. The van der Waals surface area contributed by atoms with Crippen molar-refractivity contribution in [3.05, 3.63) is 12.3 Å². The zero-order chi connectivity index (χ0) is 13.2. The van der Waals surface area contributed by atoms with Gasteiger partial charge in [-0.1, -0.05) is 6.42 Å². The van der Waals surface area contributed by atoms with Crippen molar-refractivity contribution in [2.45, 2.75) is 36.8 Å². The molecule has 1 aliphatic rings. The van der Waals surface area contributed by atoms with Crippen LogP contribution in [-0.2, 0) is 17.1 Å². The lowest BCUT2D eigenvalue weighted by molar-refractivity contribution is 0.102. The summed E-state index contributed by atoms with van der Waals surface area (Å²) in [6.45, 7) is 0.380. The Morgan fingerprint density at radius 3 is 2.94 bits per heavy atom. The van der Waals surface area contributed by atoms with Crippen LogP contribution in [0.25, 0.3) is 0 Å². The number of hydrogen-bond acceptors (Lipinski definition) is 4. The number of hydrogen-bond donors (Lipinski definition) is 2. The van der Waals surface area contributed by atoms with Crippen LogP contribution < -0.4 is 4.72 Å². The minimum absolute atomic E-state index is 0.166. The van der Waals surface area contributed by atoms with E-state index in [0.29, 0.717) is 13.0 Å². The summed E-state index contributed by atoms with van der Waals surface area (Å²) in [5.41, 5.74) is 0. The molecular formula is C11H19N3O3S. The van der Waals surface area contributed by atoms with Crippen LogP contribution in [0.4, 0.5) is 0 Å². The molecule has 2 atom stereocenters. The van der Waals surface area contributed by atoms with Gasteiger partial charge in [0.15, 0.2) is 5.03 Å². The van der Waals surface area contributed by atoms with Gasteiger partial charge in [0.05, 0.1) is 12.3 Å². The van der Waals surface area contributed by atoms with Crippen LogP contribution in [0, 0.1) is 5.92 Å². The SMILES string of the molecule is Cn1nccc1S(=O)(=O)NCC1CCCC(O)C1. The maximum atomic E-state index is 12.0. The smallest absolute Gasteiger partial charge is 0.257 e. The molecule has 1 fully saturated rings. The van der Waals surface area contributed by atoms with Gasteiger partial charge in [0.2, 0.25) is 0 Å². The fraction of sp³-hybridized carbons (Fsp3) is 0.727. The molecule has 1 aromatic rings. The van der Waals surface area contributed by atoms with Gasteiger partial charge in [0.25, 0.3) is 10.0 Å². The van der Waals surface area contributed by atoms with Crippen molar-refractivity contribution < 1.29 is 13.5 Å². The first-order valence-corrected chi connectivity index (χ1v) is 7.63. The molecule has 0 aliphatic heterocycles. The highest BCUT2D eigenvalue weighted by molar-refractivity contribution is 7.89. The minimum Gasteiger partial charge on any atom is -0.393 e. The van der Waals surface area contributed by atoms with Gasteiger partial charge in [-0.2, -0.15) is 5.10 Å². The van der Waals surface area contributed by atoms with E-state index in [0.717, 1.165) is 19.3 Å². The normalized spacial score (nSPS) is 25.2. The highest BCUT2D eigenvalue weighted by atomic mass is 32.2. The molecular weight excluding hydrogens is 254 g/mol. The maximum absolute atomic E-state index is 12.0. The number of aryl methyl sites for hydroxylation is 1. The second kappa shape index (κ2) is 5.38. The fourth-order valence-corrected chi connectivity index (χ4v) is 3.61. The number of rotatable bonds is 4. The van der Waals surface area contributed by atoms with Crippen molar-refractivity contribution in [1.82, 2.24) is 14.5 Å². The van der Waals surface area contributed by atoms with E-state index >= 15 is 0 Å². The molecule has 2 rings (SSSR count). The van der Waals surface area contributed by atoms with E-state index in [-0.39, 0.29) is 17.0 Å². The molecule has 2 unspecified atom stereocenters. The molecule has 1 aromatic heterocycles. The lowest BCUT2D eigenvalue weighted by Crippen LogP contribution is -2.33. The van der Waals surface area contributed by atoms with Crippen molar-refractivity contribution in [3.63, 3.8) is 0 Å². The Bertz CT molecular complexity index is 497. The van der Waals surface area contributed by atoms with Crippen molar-refractivity contribution in [1.29, 1.82) is 0 Å². The first-order chi connectivity index (χ1) is 8.49. The summed E-state index contributed by atoms with van der Waals surface area (Å²) < 4.78 is 27.9. The second-order valence-electron chi connectivity index (χ2n) is 4.83. The third-order valence-corrected chi connectivity index (χ3v) is 4.87. The Labute approximate surface area is 107 Å². The van der Waals surface area contributed by atoms with Crippen molar-refractivity contribution >= 4 is 10.0 Å². The van der Waals surface area contributed by atoms with Gasteiger partial charge in [0, 0.05) is 13.6 Å². The Morgan fingerprint density at radius 2 is 2.33 bits per heavy atom. The first kappa shape index (κ1) is 13.5. The van der Waals surface area contributed by atoms with Crippen molar-refractivity contribution in [3.8, 4) is 0 Å². The molecule has 102 valence electrons. The van der Waals surface area contributed by atoms with Crippen LogP contribution in [0.2, 0.25) is 0 Å². The molecule has 7 heteroatoms. The van der Waals surface area contributed by atoms with Gasteiger partial charge in [-0.25, -0.2) is 13.1 Å². The molecule has 0 spiro atoms. The molecule has 1 saturated carbocycles. The summed E-state index contributed by atoms with van der Waals surface area (Å²) >= 11 is 0. The highest BCUT2D eigenvalue weighted by Crippen LogP contribution is 2.23. The lowest BCUT2D eigenvalue weighted by Gasteiger charge is -2.25. The quantitative estimate of drug-likeness (QED) is 0.823. The number of nitrogens with one attached hydrogen (secondary N) is 1. The van der Waals surface area contributed by atoms with E-state index in [1.165, 1.54) is 16.9 Å². The van der Waals surface area contributed by atoms with Crippen LogP contribution in [0.3, 0.4) is 0 Å². The van der Waals surface area contributed by atoms with Crippen LogP contribution in [0.15, 0.2) is 17.3 Å². The average molecular weight is 273 g/mol. The lowest BCUT2D eigenvalue weighted by atomic mass is 9.87. The molecule has 2 N–H and O–H groups in total. The molecule has 0 saturated heterocycles. The van der Waals surface area contributed by atoms with E-state index in [4.69, 9.17) is 0 Å². The minimum atomic E-state index is -3.50. The van der Waals surface area contributed by atoms with Gasteiger partial charge in [-0.05, 0) is 31.2 Å². The van der Waals surface area contributed by atoms with Gasteiger partial charge in [0.1, 0.15) is 0 Å². The predicted molar refractivity (Wildman–Crippen MR) is 66.4 cm³/mol. The van der Waals surface area contributed by atoms with E-state index in [2.05, 4.69) is 9.82 Å². The van der Waals surface area contributed by atoms with E-state index in [1.54, 1.807) is 7.05 Å². The molecule has 0 bridgehead atoms. The predicted octanol–water partition coefficient (Wildman–Crippen LogP) is 0.249. The van der Waals surface area contributed by atoms with Gasteiger partial charge < -0.3 is 5.11 Å². The van der Waals surface area contributed by atoms with E-state index < -0.39 is 10.0 Å². The summed E-state index contributed by atoms with van der Waals surface area (Å²) in [6.07, 6.45) is 4.59. The summed E-state index contributed by atoms with van der Waals surface area (Å²) in [4.78, 5) is 0. The maximum Gasteiger partial charge on any atom is 0.257 e. The zero-order valence-electron chi connectivity index (χ0n) is 10.4. The molecule has 0 amide bonds. The number of aliphatic hydroxyl groups excluding tert-OH is 1. The Kier molecular flexibility index (Phi) is 4.04. The van der Waals surface area contributed by atoms with Crippen LogP contribution >= 0.6 is 0 Å². The molecule has 0 aromatic carbocycles. The molecule has 1 heterocycles. The first-order valence-electron chi connectivity index (χ1n) is 6.15. The molecule has 1 aliphatic carbocycles. The van der Waals surface area contributed by atoms with Crippen LogP contribution in [0.5, 0.6) is 0 Å². The number of aliphatic hydroxyl groups is 1. The van der Waals surface area contributed by atoms with Crippen molar-refractivity contribution in [2.75, 3.05) is 6.54 Å². The number of nitrogens with zero attached hydrogens (tertiary/aromatic N) is 2. The Morgan fingerprint density at radius 1 is 1.56 bits per heavy atom. The van der Waals surface area contributed by atoms with Crippen LogP contribution in [-0.4, -0.2) is 36.0 Å². The van der Waals surface area contributed by atoms with Gasteiger partial charge in [-0.3, -0.25) is 4.68 Å². The van der Waals surface area contributed by atoms with E-state index in [9.17, 15) is 13.5 Å². The summed E-state index contributed by atoms with van der Waals surface area (Å²) in [6, 6.07) is 1.47. The topological polar surface area (TPSA) is 84.2 Å². The van der Waals surface area contributed by atoms with Gasteiger partial charge >= 0.3 is 0 Å². The molecule has 18 heavy (non-hydrogen) atoms. The zero-order valence-corrected chi connectivity index (χ0v) is 11.2. The number of aromatic nitrogens is 2. The van der Waals surface area contributed by atoms with Gasteiger partial charge in [-0.15, -0.1) is 0 Å². The van der Waals surface area contributed by atoms with E-state index in [1.807, 2.05) is 0 Å². The third kappa shape index (κ3) is 3.09. The summed E-state index contributed by atoms with van der Waals surface area (Å²) in [5.74, 6) is 0.219. The molecule has 6 nitrogen and oxygen atoms in total. The average Bonchev–Trinajstić information content (AvgIpc) is 2.74. The largest absolute Gasteiger partial charge is 0.393 e. The molecule has 0 radical (unpaired) electrons. The third-order valence-electron chi connectivity index (χ3n) is 3.37.